The first-order valence-corrected chi connectivity index (χ1v) is 3.75. The van der Waals surface area contributed by atoms with Gasteiger partial charge in [-0.3, -0.25) is 0 Å². The molecule has 1 nitrogen and oxygen atoms in total. The third-order valence-corrected chi connectivity index (χ3v) is 1.80. The number of benzene rings is 1. The van der Waals surface area contributed by atoms with Crippen molar-refractivity contribution in [2.75, 3.05) is 7.11 Å². The molecule has 0 radical (unpaired) electrons. The average molecular weight is 211 g/mol. The van der Waals surface area contributed by atoms with Crippen molar-refractivity contribution in [2.24, 2.45) is 0 Å². The van der Waals surface area contributed by atoms with Crippen molar-refractivity contribution >= 4 is 11.6 Å². The van der Waals surface area contributed by atoms with Gasteiger partial charge in [-0.25, -0.2) is 13.2 Å². The second kappa shape index (κ2) is 3.87. The minimum atomic E-state index is -2.87. The normalized spacial score (nSPS) is 10.6. The predicted octanol–water partition coefficient (Wildman–Crippen LogP) is 3.43. The lowest BCUT2D eigenvalue weighted by molar-refractivity contribution is 0.146. The van der Waals surface area contributed by atoms with Crippen LogP contribution in [0.15, 0.2) is 12.1 Å². The fourth-order valence-electron chi connectivity index (χ4n) is 0.868. The fraction of sp³-hybridized carbons (Fsp3) is 0.250. The first kappa shape index (κ1) is 10.2. The van der Waals surface area contributed by atoms with E-state index >= 15 is 0 Å². The summed E-state index contributed by atoms with van der Waals surface area (Å²) in [5, 5.41) is -0.0237. The van der Waals surface area contributed by atoms with Crippen LogP contribution in [-0.4, -0.2) is 7.11 Å². The molecule has 0 heterocycles. The van der Waals surface area contributed by atoms with Crippen molar-refractivity contribution in [3.8, 4) is 5.75 Å². The minimum Gasteiger partial charge on any atom is -0.495 e. The number of hydrogen-bond acceptors (Lipinski definition) is 1. The van der Waals surface area contributed by atoms with E-state index in [-0.39, 0.29) is 10.8 Å². The van der Waals surface area contributed by atoms with Crippen molar-refractivity contribution in [3.05, 3.63) is 28.5 Å². The van der Waals surface area contributed by atoms with Gasteiger partial charge in [0.2, 0.25) is 0 Å². The van der Waals surface area contributed by atoms with Crippen LogP contribution in [0, 0.1) is 5.82 Å². The molecule has 1 aromatic rings. The zero-order chi connectivity index (χ0) is 10.0. The smallest absolute Gasteiger partial charge is 0.266 e. The second-order valence-corrected chi connectivity index (χ2v) is 2.72. The van der Waals surface area contributed by atoms with Crippen LogP contribution in [0.2, 0.25) is 5.02 Å². The summed E-state index contributed by atoms with van der Waals surface area (Å²) in [5.74, 6) is -0.987. The maximum Gasteiger partial charge on any atom is 0.266 e. The quantitative estimate of drug-likeness (QED) is 0.727. The number of alkyl halides is 2. The second-order valence-electron chi connectivity index (χ2n) is 2.31. The highest BCUT2D eigenvalue weighted by Crippen LogP contribution is 2.31. The maximum atomic E-state index is 12.8. The van der Waals surface area contributed by atoms with E-state index in [1.807, 2.05) is 0 Å². The molecule has 0 unspecified atom stereocenters. The topological polar surface area (TPSA) is 9.23 Å². The van der Waals surface area contributed by atoms with Gasteiger partial charge in [0.15, 0.2) is 0 Å². The molecule has 13 heavy (non-hydrogen) atoms. The molecule has 0 fully saturated rings. The van der Waals surface area contributed by atoms with Crippen LogP contribution in [-0.2, 0) is 0 Å². The summed E-state index contributed by atoms with van der Waals surface area (Å²) in [5.41, 5.74) is -0.707. The van der Waals surface area contributed by atoms with Gasteiger partial charge in [-0.1, -0.05) is 11.6 Å². The molecular formula is C8H6ClF3O. The Balaban J connectivity index is 3.22. The van der Waals surface area contributed by atoms with Crippen LogP contribution in [0.25, 0.3) is 0 Å². The van der Waals surface area contributed by atoms with Crippen LogP contribution in [0.3, 0.4) is 0 Å². The lowest BCUT2D eigenvalue weighted by Crippen LogP contribution is -1.93. The van der Waals surface area contributed by atoms with Gasteiger partial charge in [0, 0.05) is 0 Å². The highest BCUT2D eigenvalue weighted by atomic mass is 35.5. The monoisotopic (exact) mass is 210 g/mol. The molecule has 0 amide bonds. The molecule has 1 rings (SSSR count). The lowest BCUT2D eigenvalue weighted by atomic mass is 10.2. The molecule has 72 valence electrons. The van der Waals surface area contributed by atoms with Crippen LogP contribution in [0.4, 0.5) is 13.2 Å². The first-order chi connectivity index (χ1) is 6.06. The summed E-state index contributed by atoms with van der Waals surface area (Å²) in [6.07, 6.45) is -2.87. The van der Waals surface area contributed by atoms with Gasteiger partial charge in [0.1, 0.15) is 11.6 Å². The van der Waals surface area contributed by atoms with Crippen molar-refractivity contribution in [2.45, 2.75) is 6.43 Å². The molecule has 0 N–H and O–H groups in total. The fourth-order valence-corrected chi connectivity index (χ4v) is 1.10. The molecular weight excluding hydrogens is 205 g/mol. The summed E-state index contributed by atoms with van der Waals surface area (Å²) in [6, 6.07) is 1.70. The van der Waals surface area contributed by atoms with E-state index in [9.17, 15) is 13.2 Å². The van der Waals surface area contributed by atoms with Gasteiger partial charge in [-0.2, -0.15) is 0 Å². The van der Waals surface area contributed by atoms with Gasteiger partial charge in [0.25, 0.3) is 6.43 Å². The van der Waals surface area contributed by atoms with Gasteiger partial charge in [-0.05, 0) is 12.1 Å². The van der Waals surface area contributed by atoms with Crippen molar-refractivity contribution < 1.29 is 17.9 Å². The number of hydrogen-bond donors (Lipinski definition) is 0. The van der Waals surface area contributed by atoms with Gasteiger partial charge < -0.3 is 4.74 Å². The van der Waals surface area contributed by atoms with E-state index in [1.54, 1.807) is 0 Å². The van der Waals surface area contributed by atoms with Crippen LogP contribution >= 0.6 is 11.6 Å². The molecule has 0 saturated carbocycles. The zero-order valence-electron chi connectivity index (χ0n) is 6.65. The van der Waals surface area contributed by atoms with Crippen molar-refractivity contribution in [3.63, 3.8) is 0 Å². The first-order valence-electron chi connectivity index (χ1n) is 3.37. The third-order valence-electron chi connectivity index (χ3n) is 1.51. The molecule has 0 aliphatic rings. The average Bonchev–Trinajstić information content (AvgIpc) is 2.03. The van der Waals surface area contributed by atoms with Crippen LogP contribution in [0.1, 0.15) is 12.0 Å². The summed E-state index contributed by atoms with van der Waals surface area (Å²) in [4.78, 5) is 0. The third kappa shape index (κ3) is 2.06. The number of methoxy groups -OCH3 is 1. The summed E-state index contributed by atoms with van der Waals surface area (Å²) < 4.78 is 41.7. The summed E-state index contributed by atoms with van der Waals surface area (Å²) in [6.45, 7) is 0. The molecule has 0 aromatic heterocycles. The molecule has 5 heteroatoms. The Kier molecular flexibility index (Phi) is 3.03. The molecule has 0 aliphatic heterocycles. The van der Waals surface area contributed by atoms with Crippen molar-refractivity contribution in [1.29, 1.82) is 0 Å². The number of halogens is 4. The van der Waals surface area contributed by atoms with E-state index in [2.05, 4.69) is 4.74 Å². The van der Waals surface area contributed by atoms with Gasteiger partial charge in [0.05, 0.1) is 17.7 Å². The highest BCUT2D eigenvalue weighted by molar-refractivity contribution is 6.32. The Hall–Kier alpha value is -0.900. The molecule has 0 saturated heterocycles. The van der Waals surface area contributed by atoms with Crippen molar-refractivity contribution in [1.82, 2.24) is 0 Å². The SMILES string of the molecule is COc1cc(C(F)F)c(F)cc1Cl. The van der Waals surface area contributed by atoms with E-state index in [4.69, 9.17) is 11.6 Å². The van der Waals surface area contributed by atoms with E-state index < -0.39 is 17.8 Å². The Morgan fingerprint density at radius 2 is 2.00 bits per heavy atom. The number of ether oxygens (including phenoxy) is 1. The Morgan fingerprint density at radius 3 is 2.46 bits per heavy atom. The Bertz CT molecular complexity index is 315. The molecule has 0 aliphatic carbocycles. The Morgan fingerprint density at radius 1 is 1.38 bits per heavy atom. The Labute approximate surface area is 78.1 Å². The summed E-state index contributed by atoms with van der Waals surface area (Å²) >= 11 is 5.50. The predicted molar refractivity (Wildman–Crippen MR) is 42.9 cm³/mol. The molecule has 0 bridgehead atoms. The van der Waals surface area contributed by atoms with Gasteiger partial charge in [-0.15, -0.1) is 0 Å². The zero-order valence-corrected chi connectivity index (χ0v) is 7.41. The van der Waals surface area contributed by atoms with E-state index in [0.717, 1.165) is 12.1 Å². The summed E-state index contributed by atoms with van der Waals surface area (Å²) in [7, 11) is 1.27. The standard InChI is InChI=1S/C8H6ClF3O/c1-13-7-2-4(8(11)12)6(10)3-5(7)9/h2-3,8H,1H3. The van der Waals surface area contributed by atoms with Crippen LogP contribution < -0.4 is 4.74 Å². The maximum absolute atomic E-state index is 12.8. The lowest BCUT2D eigenvalue weighted by Gasteiger charge is -2.06. The van der Waals surface area contributed by atoms with Gasteiger partial charge >= 0.3 is 0 Å². The van der Waals surface area contributed by atoms with E-state index in [1.165, 1.54) is 7.11 Å². The highest BCUT2D eigenvalue weighted by Gasteiger charge is 2.16. The van der Waals surface area contributed by atoms with Crippen LogP contribution in [0.5, 0.6) is 5.75 Å². The minimum absolute atomic E-state index is 0.0237. The largest absolute Gasteiger partial charge is 0.495 e. The molecule has 1 aromatic carbocycles. The number of rotatable bonds is 2. The molecule has 0 atom stereocenters. The molecule has 0 spiro atoms. The van der Waals surface area contributed by atoms with E-state index in [0.29, 0.717) is 0 Å².